The molecule has 6 unspecified atom stereocenters. The van der Waals surface area contributed by atoms with E-state index in [4.69, 9.17) is 17.5 Å². The van der Waals surface area contributed by atoms with E-state index in [0.29, 0.717) is 22.6 Å². The molecule has 0 aromatic carbocycles. The van der Waals surface area contributed by atoms with E-state index in [1.807, 2.05) is 0 Å². The van der Waals surface area contributed by atoms with Crippen molar-refractivity contribution in [2.24, 2.45) is 23.2 Å². The molecule has 22 heavy (non-hydrogen) atoms. The Morgan fingerprint density at radius 3 is 2.45 bits per heavy atom. The van der Waals surface area contributed by atoms with Crippen LogP contribution in [0.15, 0.2) is 0 Å². The van der Waals surface area contributed by atoms with E-state index in [0.717, 1.165) is 11.8 Å². The first-order valence-corrected chi connectivity index (χ1v) is 9.85. The van der Waals surface area contributed by atoms with Crippen LogP contribution < -0.4 is 5.48 Å². The number of nitrogens with one attached hydrogen (secondary N) is 1. The molecule has 3 heteroatoms. The first kappa shape index (κ1) is 18.6. The number of thiol groups is 1. The van der Waals surface area contributed by atoms with Crippen LogP contribution >= 0.6 is 12.6 Å². The zero-order chi connectivity index (χ0) is 16.5. The van der Waals surface area contributed by atoms with E-state index in [1.54, 1.807) is 0 Å². The summed E-state index contributed by atoms with van der Waals surface area (Å²) in [4.78, 5) is 6.29. The van der Waals surface area contributed by atoms with Gasteiger partial charge in [-0.3, -0.25) is 4.84 Å². The van der Waals surface area contributed by atoms with Gasteiger partial charge in [0.2, 0.25) is 0 Å². The van der Waals surface area contributed by atoms with Gasteiger partial charge in [-0.05, 0) is 56.3 Å². The van der Waals surface area contributed by atoms with Crippen molar-refractivity contribution in [3.8, 4) is 0 Å². The lowest BCUT2D eigenvalue weighted by Crippen LogP contribution is -2.67. The molecule has 0 aliphatic heterocycles. The molecule has 3 aliphatic rings. The summed E-state index contributed by atoms with van der Waals surface area (Å²) >= 11 is 4.86. The molecule has 2 nitrogen and oxygen atoms in total. The van der Waals surface area contributed by atoms with E-state index >= 15 is 0 Å². The average Bonchev–Trinajstić information content (AvgIpc) is 2.47. The van der Waals surface area contributed by atoms with Crippen LogP contribution in [0, 0.1) is 23.2 Å². The highest BCUT2D eigenvalue weighted by atomic mass is 32.1. The van der Waals surface area contributed by atoms with Crippen LogP contribution in [0.2, 0.25) is 0 Å². The predicted molar refractivity (Wildman–Crippen MR) is 98.2 cm³/mol. The molecule has 2 bridgehead atoms. The average molecular weight is 328 g/mol. The Hall–Kier alpha value is 0.270. The zero-order valence-corrected chi connectivity index (χ0v) is 16.4. The van der Waals surface area contributed by atoms with Crippen molar-refractivity contribution in [3.05, 3.63) is 0 Å². The third kappa shape index (κ3) is 3.52. The van der Waals surface area contributed by atoms with Gasteiger partial charge >= 0.3 is 0 Å². The number of hydrogen-bond donors (Lipinski definition) is 2. The van der Waals surface area contributed by atoms with E-state index in [2.05, 4.69) is 47.0 Å². The molecule has 0 aromatic heterocycles. The van der Waals surface area contributed by atoms with Gasteiger partial charge in [0.05, 0.1) is 0 Å². The third-order valence-electron chi connectivity index (χ3n) is 6.84. The Bertz CT molecular complexity index is 372. The van der Waals surface area contributed by atoms with Crippen molar-refractivity contribution in [1.82, 2.24) is 5.48 Å². The molecule has 3 saturated carbocycles. The minimum absolute atomic E-state index is 0.133. The minimum Gasteiger partial charge on any atom is -0.294 e. The number of hydroxylamine groups is 1. The van der Waals surface area contributed by atoms with Crippen LogP contribution in [-0.4, -0.2) is 16.9 Å². The molecule has 0 radical (unpaired) electrons. The van der Waals surface area contributed by atoms with E-state index in [1.165, 1.54) is 38.5 Å². The molecule has 0 aromatic rings. The van der Waals surface area contributed by atoms with Crippen molar-refractivity contribution >= 4 is 12.6 Å². The molecule has 0 amide bonds. The topological polar surface area (TPSA) is 21.3 Å². The van der Waals surface area contributed by atoms with Crippen molar-refractivity contribution < 1.29 is 4.84 Å². The van der Waals surface area contributed by atoms with Crippen molar-refractivity contribution in [1.29, 1.82) is 0 Å². The van der Waals surface area contributed by atoms with E-state index < -0.39 is 0 Å². The predicted octanol–water partition coefficient (Wildman–Crippen LogP) is 5.24. The lowest BCUT2D eigenvalue weighted by Gasteiger charge is -2.65. The summed E-state index contributed by atoms with van der Waals surface area (Å²) in [5, 5.41) is 0.351. The number of rotatable bonds is 8. The Kier molecular flexibility index (Phi) is 5.94. The van der Waals surface area contributed by atoms with Crippen LogP contribution in [0.4, 0.5) is 0 Å². The van der Waals surface area contributed by atoms with Gasteiger partial charge < -0.3 is 0 Å². The highest BCUT2D eigenvalue weighted by Crippen LogP contribution is 2.64. The van der Waals surface area contributed by atoms with Crippen LogP contribution in [0.1, 0.15) is 80.1 Å². The fourth-order valence-corrected chi connectivity index (χ4v) is 5.01. The number of fused-ring (bicyclic) bond motifs is 2. The normalized spacial score (nSPS) is 39.1. The van der Waals surface area contributed by atoms with Gasteiger partial charge in [-0.2, -0.15) is 18.1 Å². The monoisotopic (exact) mass is 327 g/mol. The van der Waals surface area contributed by atoms with Gasteiger partial charge in [-0.15, -0.1) is 0 Å². The Morgan fingerprint density at radius 2 is 1.86 bits per heavy atom. The summed E-state index contributed by atoms with van der Waals surface area (Å²) in [5.41, 5.74) is 3.64. The molecule has 3 fully saturated rings. The maximum atomic E-state index is 6.29. The van der Waals surface area contributed by atoms with Crippen LogP contribution in [0.25, 0.3) is 0 Å². The fraction of sp³-hybridized carbons (Fsp3) is 1.00. The third-order valence-corrected chi connectivity index (χ3v) is 7.57. The molecular formula is C19H37NOS. The maximum Gasteiger partial charge on any atom is 0.102 e. The number of hydrogen-bond acceptors (Lipinski definition) is 3. The van der Waals surface area contributed by atoms with Crippen LogP contribution in [0.5, 0.6) is 0 Å². The van der Waals surface area contributed by atoms with Gasteiger partial charge in [0.15, 0.2) is 0 Å². The van der Waals surface area contributed by atoms with Crippen molar-refractivity contribution in [3.63, 3.8) is 0 Å². The first-order chi connectivity index (χ1) is 10.2. The quantitative estimate of drug-likeness (QED) is 0.470. The molecule has 0 spiro atoms. The fourth-order valence-electron chi connectivity index (χ4n) is 4.53. The highest BCUT2D eigenvalue weighted by molar-refractivity contribution is 7.81. The van der Waals surface area contributed by atoms with Gasteiger partial charge in [-0.1, -0.05) is 47.0 Å². The van der Waals surface area contributed by atoms with Crippen molar-refractivity contribution in [2.75, 3.05) is 0 Å². The second-order valence-electron chi connectivity index (χ2n) is 8.81. The summed E-state index contributed by atoms with van der Waals surface area (Å²) in [5.74, 6) is 2.31. The Labute approximate surface area is 143 Å². The Balaban J connectivity index is 1.79. The molecule has 6 atom stereocenters. The lowest BCUT2D eigenvalue weighted by molar-refractivity contribution is -0.241. The standard InChI is InChI=1S/C19H37NOS/c1-7-13(2)9-8-10-14(3)20-21-19(6)16-11-15(12-17(19)22)18(16,4)5/h13-17,20,22H,7-12H2,1-6H3. The largest absolute Gasteiger partial charge is 0.294 e. The highest BCUT2D eigenvalue weighted by Gasteiger charge is 2.63. The van der Waals surface area contributed by atoms with Gasteiger partial charge in [0, 0.05) is 11.3 Å². The summed E-state index contributed by atoms with van der Waals surface area (Å²) in [7, 11) is 0. The Morgan fingerprint density at radius 1 is 1.18 bits per heavy atom. The molecule has 130 valence electrons. The van der Waals surface area contributed by atoms with Gasteiger partial charge in [0.25, 0.3) is 0 Å². The second-order valence-corrected chi connectivity index (χ2v) is 9.43. The summed E-state index contributed by atoms with van der Waals surface area (Å²) < 4.78 is 0. The molecule has 0 heterocycles. The summed E-state index contributed by atoms with van der Waals surface area (Å²) in [6, 6.07) is 0.419. The van der Waals surface area contributed by atoms with Crippen LogP contribution in [-0.2, 0) is 4.84 Å². The van der Waals surface area contributed by atoms with E-state index in [-0.39, 0.29) is 5.60 Å². The van der Waals surface area contributed by atoms with E-state index in [9.17, 15) is 0 Å². The molecular weight excluding hydrogens is 290 g/mol. The molecule has 3 rings (SSSR count). The minimum atomic E-state index is -0.133. The van der Waals surface area contributed by atoms with Gasteiger partial charge in [0.1, 0.15) is 5.60 Å². The molecule has 1 N–H and O–H groups in total. The van der Waals surface area contributed by atoms with Gasteiger partial charge in [-0.25, -0.2) is 0 Å². The smallest absolute Gasteiger partial charge is 0.102 e. The first-order valence-electron chi connectivity index (χ1n) is 9.33. The SMILES string of the molecule is CCC(C)CCCC(C)NOC1(C)C(S)CC2CC1C2(C)C. The maximum absolute atomic E-state index is 6.29. The van der Waals surface area contributed by atoms with Crippen molar-refractivity contribution in [2.45, 2.75) is 97.0 Å². The zero-order valence-electron chi connectivity index (χ0n) is 15.5. The van der Waals surface area contributed by atoms with Crippen LogP contribution in [0.3, 0.4) is 0 Å². The summed E-state index contributed by atoms with van der Waals surface area (Å²) in [6.45, 7) is 13.9. The second kappa shape index (κ2) is 7.03. The lowest BCUT2D eigenvalue weighted by atomic mass is 9.44. The summed E-state index contributed by atoms with van der Waals surface area (Å²) in [6.07, 6.45) is 7.58. The molecule has 3 aliphatic carbocycles. The molecule has 0 saturated heterocycles.